The highest BCUT2D eigenvalue weighted by Crippen LogP contribution is 1.93. The second-order valence-electron chi connectivity index (χ2n) is 3.52. The van der Waals surface area contributed by atoms with Crippen molar-refractivity contribution in [3.05, 3.63) is 0 Å². The van der Waals surface area contributed by atoms with Gasteiger partial charge in [-0.05, 0) is 6.42 Å². The van der Waals surface area contributed by atoms with Crippen molar-refractivity contribution in [3.63, 3.8) is 0 Å². The molecule has 1 heterocycles. The molecule has 0 bridgehead atoms. The van der Waals surface area contributed by atoms with E-state index in [9.17, 15) is 9.59 Å². The first-order chi connectivity index (χ1) is 6.45. The number of nitrogens with zero attached hydrogens (tertiary/aromatic N) is 2. The van der Waals surface area contributed by atoms with Gasteiger partial charge in [0.1, 0.15) is 0 Å². The molecule has 1 aliphatic heterocycles. The maximum Gasteiger partial charge on any atom is 0.318 e. The lowest BCUT2D eigenvalue weighted by Crippen LogP contribution is -2.33. The van der Waals surface area contributed by atoms with Gasteiger partial charge in [0.05, 0.1) is 0 Å². The fourth-order valence-corrected chi connectivity index (χ4v) is 0.965. The summed E-state index contributed by atoms with van der Waals surface area (Å²) < 4.78 is 0. The van der Waals surface area contributed by atoms with Crippen LogP contribution in [0.2, 0.25) is 0 Å². The summed E-state index contributed by atoms with van der Waals surface area (Å²) in [6.45, 7) is 0.888. The van der Waals surface area contributed by atoms with Crippen LogP contribution in [0, 0.1) is 0 Å². The minimum Gasteiger partial charge on any atom is -0.356 e. The molecule has 0 aromatic rings. The Morgan fingerprint density at radius 3 is 1.79 bits per heavy atom. The summed E-state index contributed by atoms with van der Waals surface area (Å²) in [5.41, 5.74) is 0. The third kappa shape index (κ3) is 5.40. The zero-order valence-corrected chi connectivity index (χ0v) is 9.33. The highest BCUT2D eigenvalue weighted by Gasteiger charge is 2.05. The molecule has 0 radical (unpaired) electrons. The van der Waals surface area contributed by atoms with Crippen LogP contribution in [-0.4, -0.2) is 56.5 Å². The third-order valence-electron chi connectivity index (χ3n) is 1.67. The third-order valence-corrected chi connectivity index (χ3v) is 1.67. The zero-order chi connectivity index (χ0) is 11.1. The molecule has 14 heavy (non-hydrogen) atoms. The van der Waals surface area contributed by atoms with Gasteiger partial charge in [0, 0.05) is 41.2 Å². The van der Waals surface area contributed by atoms with E-state index in [4.69, 9.17) is 0 Å². The van der Waals surface area contributed by atoms with Gasteiger partial charge in [0.25, 0.3) is 0 Å². The molecule has 1 saturated heterocycles. The molecule has 0 saturated carbocycles. The van der Waals surface area contributed by atoms with E-state index >= 15 is 0 Å². The van der Waals surface area contributed by atoms with Crippen molar-refractivity contribution in [1.29, 1.82) is 0 Å². The predicted octanol–water partition coefficient (Wildman–Crippen LogP) is 0.126. The van der Waals surface area contributed by atoms with E-state index in [0.717, 1.165) is 19.4 Å². The Balaban J connectivity index is 0.000000249. The monoisotopic (exact) mass is 201 g/mol. The predicted molar refractivity (Wildman–Crippen MR) is 55.0 cm³/mol. The molecule has 0 unspecified atom stereocenters. The number of urea groups is 1. The Morgan fingerprint density at radius 1 is 1.21 bits per heavy atom. The first kappa shape index (κ1) is 12.7. The van der Waals surface area contributed by atoms with Crippen molar-refractivity contribution in [2.45, 2.75) is 12.8 Å². The Labute approximate surface area is 85.1 Å². The van der Waals surface area contributed by atoms with Crippen LogP contribution in [0.4, 0.5) is 4.79 Å². The van der Waals surface area contributed by atoms with Crippen LogP contribution < -0.4 is 5.32 Å². The van der Waals surface area contributed by atoms with Gasteiger partial charge in [0.15, 0.2) is 0 Å². The van der Waals surface area contributed by atoms with Gasteiger partial charge < -0.3 is 15.1 Å². The Morgan fingerprint density at radius 2 is 1.71 bits per heavy atom. The van der Waals surface area contributed by atoms with E-state index < -0.39 is 0 Å². The quantitative estimate of drug-likeness (QED) is 0.605. The van der Waals surface area contributed by atoms with Crippen molar-refractivity contribution >= 4 is 11.9 Å². The molecule has 1 fully saturated rings. The second kappa shape index (κ2) is 6.23. The van der Waals surface area contributed by atoms with Crippen LogP contribution in [0.5, 0.6) is 0 Å². The highest BCUT2D eigenvalue weighted by molar-refractivity contribution is 5.77. The highest BCUT2D eigenvalue weighted by atomic mass is 16.2. The molecule has 1 N–H and O–H groups in total. The van der Waals surface area contributed by atoms with Crippen LogP contribution in [0.1, 0.15) is 12.8 Å². The number of hydrogen-bond acceptors (Lipinski definition) is 2. The van der Waals surface area contributed by atoms with Crippen molar-refractivity contribution in [2.24, 2.45) is 0 Å². The number of carbonyl (C=O) groups excluding carboxylic acids is 2. The molecule has 0 spiro atoms. The lowest BCUT2D eigenvalue weighted by atomic mass is 10.4. The molecule has 82 valence electrons. The average Bonchev–Trinajstić information content (AvgIpc) is 2.55. The van der Waals surface area contributed by atoms with Crippen molar-refractivity contribution < 1.29 is 9.59 Å². The zero-order valence-electron chi connectivity index (χ0n) is 9.33. The number of carbonyl (C=O) groups is 2. The molecular weight excluding hydrogens is 182 g/mol. The minimum absolute atomic E-state index is 0.0185. The van der Waals surface area contributed by atoms with Gasteiger partial charge in [-0.2, -0.15) is 0 Å². The number of rotatable bonds is 0. The van der Waals surface area contributed by atoms with Gasteiger partial charge in [-0.3, -0.25) is 4.79 Å². The van der Waals surface area contributed by atoms with Gasteiger partial charge in [-0.15, -0.1) is 0 Å². The first-order valence-electron chi connectivity index (χ1n) is 4.60. The number of nitrogens with one attached hydrogen (secondary N) is 1. The lowest BCUT2D eigenvalue weighted by Gasteiger charge is -2.16. The summed E-state index contributed by atoms with van der Waals surface area (Å²) in [7, 11) is 6.90. The summed E-state index contributed by atoms with van der Waals surface area (Å²) in [5.74, 6) is 0.204. The maximum atomic E-state index is 10.7. The Bertz CT molecular complexity index is 184. The molecule has 1 rings (SSSR count). The van der Waals surface area contributed by atoms with E-state index in [1.54, 1.807) is 28.2 Å². The Kier molecular flexibility index (Phi) is 5.67. The molecule has 0 atom stereocenters. The second-order valence-corrected chi connectivity index (χ2v) is 3.52. The number of hydrogen-bond donors (Lipinski definition) is 1. The molecule has 3 amide bonds. The largest absolute Gasteiger partial charge is 0.356 e. The van der Waals surface area contributed by atoms with Crippen molar-refractivity contribution in [2.75, 3.05) is 34.7 Å². The normalized spacial score (nSPS) is 13.9. The molecular formula is C9H19N3O2. The maximum absolute atomic E-state index is 10.7. The minimum atomic E-state index is 0.0185. The fourth-order valence-electron chi connectivity index (χ4n) is 0.965. The van der Waals surface area contributed by atoms with E-state index in [1.807, 2.05) is 0 Å². The van der Waals surface area contributed by atoms with Gasteiger partial charge in [-0.1, -0.05) is 0 Å². The van der Waals surface area contributed by atoms with Crippen LogP contribution in [0.15, 0.2) is 0 Å². The van der Waals surface area contributed by atoms with Crippen LogP contribution in [-0.2, 0) is 4.79 Å². The lowest BCUT2D eigenvalue weighted by molar-refractivity contribution is -0.119. The smallest absolute Gasteiger partial charge is 0.318 e. The number of amides is 3. The summed E-state index contributed by atoms with van der Waals surface area (Å²) in [6, 6.07) is 0.0185. The van der Waals surface area contributed by atoms with Gasteiger partial charge >= 0.3 is 6.03 Å². The van der Waals surface area contributed by atoms with E-state index in [1.165, 1.54) is 9.80 Å². The standard InChI is InChI=1S/C5H12N2O.C4H7NO/c1-6(2)5(8)7(3)4;6-4-2-1-3-5-4/h1-4H3;1-3H2,(H,5,6). The summed E-state index contributed by atoms with van der Waals surface area (Å²) in [5, 5.41) is 2.68. The van der Waals surface area contributed by atoms with Crippen molar-refractivity contribution in [1.82, 2.24) is 15.1 Å². The first-order valence-corrected chi connectivity index (χ1v) is 4.60. The Hall–Kier alpha value is -1.26. The molecule has 0 aromatic carbocycles. The van der Waals surface area contributed by atoms with E-state index in [0.29, 0.717) is 0 Å². The molecule has 0 aliphatic carbocycles. The van der Waals surface area contributed by atoms with Crippen LogP contribution in [0.3, 0.4) is 0 Å². The summed E-state index contributed by atoms with van der Waals surface area (Å²) in [4.78, 5) is 23.9. The molecule has 5 heteroatoms. The van der Waals surface area contributed by atoms with Crippen LogP contribution in [0.25, 0.3) is 0 Å². The summed E-state index contributed by atoms with van der Waals surface area (Å²) in [6.07, 6.45) is 1.76. The fraction of sp³-hybridized carbons (Fsp3) is 0.778. The van der Waals surface area contributed by atoms with Gasteiger partial charge in [-0.25, -0.2) is 4.79 Å². The molecule has 0 aromatic heterocycles. The van der Waals surface area contributed by atoms with Crippen molar-refractivity contribution in [3.8, 4) is 0 Å². The van der Waals surface area contributed by atoms with Gasteiger partial charge in [0.2, 0.25) is 5.91 Å². The summed E-state index contributed by atoms with van der Waals surface area (Å²) >= 11 is 0. The van der Waals surface area contributed by atoms with E-state index in [2.05, 4.69) is 5.32 Å². The molecule has 1 aliphatic rings. The van der Waals surface area contributed by atoms with E-state index in [-0.39, 0.29) is 11.9 Å². The topological polar surface area (TPSA) is 52.7 Å². The molecule has 5 nitrogen and oxygen atoms in total. The SMILES string of the molecule is CN(C)C(=O)N(C)C.O=C1CCCN1. The van der Waals surface area contributed by atoms with Crippen LogP contribution >= 0.6 is 0 Å². The average molecular weight is 201 g/mol.